The molecule has 0 unspecified atom stereocenters. The van der Waals surface area contributed by atoms with Crippen molar-refractivity contribution in [1.82, 2.24) is 25.4 Å². The molecule has 2 aromatic rings. The van der Waals surface area contributed by atoms with E-state index in [0.29, 0.717) is 12.6 Å². The standard InChI is InChI=1S/C21H34N6S/c1-15(2)17-7-9-18(10-8-17)24-21(22-12-11-19-6-5-13-28-19)23-14-20-26-25-16(3)27(20)4/h5-6,13,15,17-18H,7-12,14H2,1-4H3,(H2,22,23,24). The number of thiophene rings is 1. The second kappa shape index (κ2) is 10.0. The van der Waals surface area contributed by atoms with Crippen molar-refractivity contribution in [2.75, 3.05) is 6.54 Å². The van der Waals surface area contributed by atoms with Crippen molar-refractivity contribution in [2.24, 2.45) is 23.9 Å². The van der Waals surface area contributed by atoms with Crippen molar-refractivity contribution in [2.45, 2.75) is 65.5 Å². The van der Waals surface area contributed by atoms with Gasteiger partial charge in [0.1, 0.15) is 12.4 Å². The molecule has 3 rings (SSSR count). The van der Waals surface area contributed by atoms with Crippen LogP contribution in [0.3, 0.4) is 0 Å². The second-order valence-electron chi connectivity index (χ2n) is 8.14. The van der Waals surface area contributed by atoms with Gasteiger partial charge in [-0.05, 0) is 62.3 Å². The lowest BCUT2D eigenvalue weighted by Crippen LogP contribution is -2.45. The summed E-state index contributed by atoms with van der Waals surface area (Å²) in [6, 6.07) is 4.80. The topological polar surface area (TPSA) is 67.1 Å². The van der Waals surface area contributed by atoms with Crippen LogP contribution in [0.25, 0.3) is 0 Å². The van der Waals surface area contributed by atoms with Crippen LogP contribution in [-0.2, 0) is 20.0 Å². The first-order valence-corrected chi connectivity index (χ1v) is 11.3. The highest BCUT2D eigenvalue weighted by atomic mass is 32.1. The number of hydrogen-bond donors (Lipinski definition) is 2. The van der Waals surface area contributed by atoms with Gasteiger partial charge in [-0.2, -0.15) is 0 Å². The summed E-state index contributed by atoms with van der Waals surface area (Å²) in [4.78, 5) is 6.21. The molecule has 0 saturated heterocycles. The zero-order valence-corrected chi connectivity index (χ0v) is 18.4. The van der Waals surface area contributed by atoms with E-state index in [1.807, 2.05) is 18.5 Å². The molecule has 6 nitrogen and oxygen atoms in total. The van der Waals surface area contributed by atoms with Crippen LogP contribution in [0.4, 0.5) is 0 Å². The Bertz CT molecular complexity index is 741. The van der Waals surface area contributed by atoms with E-state index in [1.54, 1.807) is 11.3 Å². The normalized spacial score (nSPS) is 20.5. The Morgan fingerprint density at radius 1 is 1.29 bits per heavy atom. The maximum absolute atomic E-state index is 4.81. The van der Waals surface area contributed by atoms with Gasteiger partial charge in [-0.1, -0.05) is 19.9 Å². The minimum atomic E-state index is 0.504. The van der Waals surface area contributed by atoms with Gasteiger partial charge in [-0.15, -0.1) is 21.5 Å². The van der Waals surface area contributed by atoms with Gasteiger partial charge in [0.05, 0.1) is 0 Å². The fourth-order valence-electron chi connectivity index (χ4n) is 3.77. The summed E-state index contributed by atoms with van der Waals surface area (Å²) in [7, 11) is 1.99. The van der Waals surface area contributed by atoms with Crippen LogP contribution in [0.15, 0.2) is 22.5 Å². The number of guanidine groups is 1. The van der Waals surface area contributed by atoms with Crippen LogP contribution in [0, 0.1) is 18.8 Å². The smallest absolute Gasteiger partial charge is 0.191 e. The van der Waals surface area contributed by atoms with Crippen LogP contribution in [0.1, 0.15) is 56.1 Å². The summed E-state index contributed by atoms with van der Waals surface area (Å²) < 4.78 is 2.00. The minimum Gasteiger partial charge on any atom is -0.356 e. The van der Waals surface area contributed by atoms with Crippen LogP contribution in [0.2, 0.25) is 0 Å². The summed E-state index contributed by atoms with van der Waals surface area (Å²) >= 11 is 1.81. The van der Waals surface area contributed by atoms with Crippen molar-refractivity contribution in [1.29, 1.82) is 0 Å². The van der Waals surface area contributed by atoms with Gasteiger partial charge in [0.25, 0.3) is 0 Å². The highest BCUT2D eigenvalue weighted by Gasteiger charge is 2.23. The highest BCUT2D eigenvalue weighted by Crippen LogP contribution is 2.29. The molecule has 7 heteroatoms. The van der Waals surface area contributed by atoms with Gasteiger partial charge in [-0.25, -0.2) is 4.99 Å². The molecule has 0 bridgehead atoms. The van der Waals surface area contributed by atoms with E-state index < -0.39 is 0 Å². The Morgan fingerprint density at radius 2 is 2.07 bits per heavy atom. The molecule has 0 aromatic carbocycles. The first kappa shape index (κ1) is 20.8. The minimum absolute atomic E-state index is 0.504. The molecule has 0 atom stereocenters. The lowest BCUT2D eigenvalue weighted by atomic mass is 9.80. The molecule has 0 spiro atoms. The molecule has 2 N–H and O–H groups in total. The van der Waals surface area contributed by atoms with Crippen LogP contribution in [-0.4, -0.2) is 33.3 Å². The van der Waals surface area contributed by atoms with Crippen molar-refractivity contribution in [3.8, 4) is 0 Å². The SMILES string of the molecule is Cc1nnc(CN=C(NCCc2cccs2)NC2CCC(C(C)C)CC2)n1C. The summed E-state index contributed by atoms with van der Waals surface area (Å²) in [5, 5.41) is 17.7. The number of aryl methyl sites for hydroxylation is 1. The Balaban J connectivity index is 1.58. The molecule has 2 heterocycles. The number of nitrogens with zero attached hydrogens (tertiary/aromatic N) is 4. The second-order valence-corrected chi connectivity index (χ2v) is 9.18. The molecule has 154 valence electrons. The van der Waals surface area contributed by atoms with Gasteiger partial charge >= 0.3 is 0 Å². The zero-order valence-electron chi connectivity index (χ0n) is 17.6. The van der Waals surface area contributed by atoms with Gasteiger partial charge in [-0.3, -0.25) is 0 Å². The Labute approximate surface area is 172 Å². The predicted octanol–water partition coefficient (Wildman–Crippen LogP) is 3.68. The first-order valence-electron chi connectivity index (χ1n) is 10.4. The predicted molar refractivity (Wildman–Crippen MR) is 117 cm³/mol. The maximum Gasteiger partial charge on any atom is 0.191 e. The summed E-state index contributed by atoms with van der Waals surface area (Å²) in [5.74, 6) is 4.35. The van der Waals surface area contributed by atoms with Crippen molar-refractivity contribution in [3.05, 3.63) is 34.0 Å². The van der Waals surface area contributed by atoms with Gasteiger partial charge < -0.3 is 15.2 Å². The summed E-state index contributed by atoms with van der Waals surface area (Å²) in [6.07, 6.45) is 6.07. The molecular weight excluding hydrogens is 368 g/mol. The Morgan fingerprint density at radius 3 is 2.68 bits per heavy atom. The third-order valence-corrected chi connectivity index (χ3v) is 6.80. The average Bonchev–Trinajstić information content (AvgIpc) is 3.31. The molecule has 2 aromatic heterocycles. The Kier molecular flexibility index (Phi) is 7.48. The van der Waals surface area contributed by atoms with Gasteiger partial charge in [0, 0.05) is 24.5 Å². The number of aromatic nitrogens is 3. The van der Waals surface area contributed by atoms with Crippen LogP contribution >= 0.6 is 11.3 Å². The fraction of sp³-hybridized carbons (Fsp3) is 0.667. The molecule has 1 saturated carbocycles. The molecular formula is C21H34N6S. The third kappa shape index (κ3) is 5.80. The first-order chi connectivity index (χ1) is 13.5. The van der Waals surface area contributed by atoms with E-state index in [0.717, 1.165) is 42.4 Å². The maximum atomic E-state index is 4.81. The van der Waals surface area contributed by atoms with Gasteiger partial charge in [0.2, 0.25) is 0 Å². The molecule has 1 aliphatic carbocycles. The lowest BCUT2D eigenvalue weighted by molar-refractivity contribution is 0.250. The van der Waals surface area contributed by atoms with E-state index in [9.17, 15) is 0 Å². The molecule has 0 aliphatic heterocycles. The van der Waals surface area contributed by atoms with Gasteiger partial charge in [0.15, 0.2) is 11.8 Å². The monoisotopic (exact) mass is 402 g/mol. The molecule has 28 heavy (non-hydrogen) atoms. The number of hydrogen-bond acceptors (Lipinski definition) is 4. The van der Waals surface area contributed by atoms with Crippen molar-refractivity contribution < 1.29 is 0 Å². The Hall–Kier alpha value is -1.89. The van der Waals surface area contributed by atoms with E-state index in [-0.39, 0.29) is 0 Å². The van der Waals surface area contributed by atoms with E-state index in [4.69, 9.17) is 4.99 Å². The van der Waals surface area contributed by atoms with E-state index in [2.05, 4.69) is 52.2 Å². The average molecular weight is 403 g/mol. The van der Waals surface area contributed by atoms with E-state index >= 15 is 0 Å². The molecule has 1 fully saturated rings. The molecule has 1 aliphatic rings. The van der Waals surface area contributed by atoms with Crippen molar-refractivity contribution >= 4 is 17.3 Å². The van der Waals surface area contributed by atoms with Crippen LogP contribution in [0.5, 0.6) is 0 Å². The highest BCUT2D eigenvalue weighted by molar-refractivity contribution is 7.09. The van der Waals surface area contributed by atoms with Crippen LogP contribution < -0.4 is 10.6 Å². The third-order valence-electron chi connectivity index (χ3n) is 5.86. The number of nitrogens with one attached hydrogen (secondary N) is 2. The lowest BCUT2D eigenvalue weighted by Gasteiger charge is -2.32. The number of aliphatic imine (C=N–C) groups is 1. The largest absolute Gasteiger partial charge is 0.356 e. The number of rotatable bonds is 7. The van der Waals surface area contributed by atoms with Crippen molar-refractivity contribution in [3.63, 3.8) is 0 Å². The quantitative estimate of drug-likeness (QED) is 0.548. The fourth-order valence-corrected chi connectivity index (χ4v) is 4.48. The summed E-state index contributed by atoms with van der Waals surface area (Å²) in [5.41, 5.74) is 0. The molecule has 0 radical (unpaired) electrons. The zero-order chi connectivity index (χ0) is 19.9. The van der Waals surface area contributed by atoms with E-state index in [1.165, 1.54) is 30.6 Å². The summed E-state index contributed by atoms with van der Waals surface area (Å²) in [6.45, 7) is 8.07. The molecule has 0 amide bonds.